The van der Waals surface area contributed by atoms with E-state index in [4.69, 9.17) is 5.73 Å². The van der Waals surface area contributed by atoms with Gasteiger partial charge in [0.25, 0.3) is 0 Å². The lowest BCUT2D eigenvalue weighted by Gasteiger charge is -2.29. The minimum atomic E-state index is -0.240. The van der Waals surface area contributed by atoms with Gasteiger partial charge < -0.3 is 5.73 Å². The topological polar surface area (TPSA) is 42.1 Å². The summed E-state index contributed by atoms with van der Waals surface area (Å²) in [5.41, 5.74) is 9.26. The highest BCUT2D eigenvalue weighted by atomic mass is 19.1. The van der Waals surface area contributed by atoms with Crippen LogP contribution in [0.25, 0.3) is 0 Å². The number of hydrogen-bond donors (Lipinski definition) is 1. The first-order chi connectivity index (χ1) is 9.97. The van der Waals surface area contributed by atoms with Crippen molar-refractivity contribution in [2.75, 3.05) is 7.05 Å². The third kappa shape index (κ3) is 4.09. The fraction of sp³-hybridized carbons (Fsp3) is 0.353. The Morgan fingerprint density at radius 3 is 2.48 bits per heavy atom. The van der Waals surface area contributed by atoms with Gasteiger partial charge in [-0.2, -0.15) is 0 Å². The third-order valence-electron chi connectivity index (χ3n) is 3.83. The molecule has 2 N–H and O–H groups in total. The average Bonchev–Trinajstić information content (AvgIpc) is 2.46. The number of nitrogens with two attached hydrogens (primary N) is 1. The van der Waals surface area contributed by atoms with Crippen molar-refractivity contribution in [3.8, 4) is 0 Å². The standard InChI is InChI=1S/C17H22FN3/c1-12-5-4-6-16(20-12)11-21(3)13(2)17(19)14-7-9-15(18)10-8-14/h4-10,13,17H,11,19H2,1-3H3. The molecule has 0 spiro atoms. The molecule has 3 nitrogen and oxygen atoms in total. The van der Waals surface area contributed by atoms with Gasteiger partial charge in [0.1, 0.15) is 5.82 Å². The summed E-state index contributed by atoms with van der Waals surface area (Å²) in [5.74, 6) is -0.240. The molecule has 2 atom stereocenters. The molecule has 0 amide bonds. The van der Waals surface area contributed by atoms with E-state index in [2.05, 4.69) is 16.8 Å². The van der Waals surface area contributed by atoms with Crippen LogP contribution in [0.4, 0.5) is 4.39 Å². The Balaban J connectivity index is 2.04. The Bertz CT molecular complexity index is 583. The van der Waals surface area contributed by atoms with Gasteiger partial charge in [-0.3, -0.25) is 9.88 Å². The summed E-state index contributed by atoms with van der Waals surface area (Å²) in [6, 6.07) is 12.4. The second kappa shape index (κ2) is 6.78. The molecule has 21 heavy (non-hydrogen) atoms. The number of halogens is 1. The molecule has 0 saturated carbocycles. The summed E-state index contributed by atoms with van der Waals surface area (Å²) in [4.78, 5) is 6.67. The van der Waals surface area contributed by atoms with Crippen LogP contribution in [-0.2, 0) is 6.54 Å². The van der Waals surface area contributed by atoms with Gasteiger partial charge in [-0.1, -0.05) is 18.2 Å². The molecule has 0 radical (unpaired) electrons. The summed E-state index contributed by atoms with van der Waals surface area (Å²) in [6.07, 6.45) is 0. The molecule has 2 aromatic rings. The Hall–Kier alpha value is -1.78. The summed E-state index contributed by atoms with van der Waals surface area (Å²) in [7, 11) is 2.03. The van der Waals surface area contributed by atoms with Crippen LogP contribution in [0.2, 0.25) is 0 Å². The van der Waals surface area contributed by atoms with E-state index in [0.29, 0.717) is 0 Å². The first-order valence-corrected chi connectivity index (χ1v) is 7.11. The molecule has 4 heteroatoms. The third-order valence-corrected chi connectivity index (χ3v) is 3.83. The largest absolute Gasteiger partial charge is 0.323 e. The molecule has 0 aliphatic rings. The van der Waals surface area contributed by atoms with Crippen LogP contribution in [0.5, 0.6) is 0 Å². The lowest BCUT2D eigenvalue weighted by Crippen LogP contribution is -2.38. The van der Waals surface area contributed by atoms with E-state index < -0.39 is 0 Å². The monoisotopic (exact) mass is 287 g/mol. The van der Waals surface area contributed by atoms with Gasteiger partial charge in [-0.05, 0) is 50.7 Å². The summed E-state index contributed by atoms with van der Waals surface area (Å²) in [5, 5.41) is 0. The molecule has 0 aliphatic heterocycles. The maximum absolute atomic E-state index is 13.0. The smallest absolute Gasteiger partial charge is 0.123 e. The molecule has 0 aliphatic carbocycles. The van der Waals surface area contributed by atoms with Crippen LogP contribution < -0.4 is 5.73 Å². The summed E-state index contributed by atoms with van der Waals surface area (Å²) >= 11 is 0. The van der Waals surface area contributed by atoms with Crippen molar-refractivity contribution in [1.82, 2.24) is 9.88 Å². The first-order valence-electron chi connectivity index (χ1n) is 7.11. The maximum atomic E-state index is 13.0. The highest BCUT2D eigenvalue weighted by Gasteiger charge is 2.19. The van der Waals surface area contributed by atoms with E-state index in [0.717, 1.165) is 23.5 Å². The van der Waals surface area contributed by atoms with E-state index in [1.165, 1.54) is 12.1 Å². The van der Waals surface area contributed by atoms with Gasteiger partial charge in [-0.25, -0.2) is 4.39 Å². The number of nitrogens with zero attached hydrogens (tertiary/aromatic N) is 2. The molecular formula is C17H22FN3. The van der Waals surface area contributed by atoms with Gasteiger partial charge in [0, 0.05) is 24.3 Å². The lowest BCUT2D eigenvalue weighted by atomic mass is 10.0. The van der Waals surface area contributed by atoms with Gasteiger partial charge in [0.2, 0.25) is 0 Å². The predicted molar refractivity (Wildman–Crippen MR) is 83.2 cm³/mol. The zero-order chi connectivity index (χ0) is 15.4. The van der Waals surface area contributed by atoms with Crippen LogP contribution in [-0.4, -0.2) is 23.0 Å². The van der Waals surface area contributed by atoms with E-state index >= 15 is 0 Å². The number of aromatic nitrogens is 1. The van der Waals surface area contributed by atoms with Crippen molar-refractivity contribution in [2.45, 2.75) is 32.5 Å². The van der Waals surface area contributed by atoms with Crippen LogP contribution in [0.15, 0.2) is 42.5 Å². The predicted octanol–water partition coefficient (Wildman–Crippen LogP) is 3.05. The molecule has 1 aromatic heterocycles. The van der Waals surface area contributed by atoms with Crippen LogP contribution in [0, 0.1) is 12.7 Å². The van der Waals surface area contributed by atoms with Crippen molar-refractivity contribution in [3.63, 3.8) is 0 Å². The second-order valence-electron chi connectivity index (χ2n) is 5.50. The highest BCUT2D eigenvalue weighted by Crippen LogP contribution is 2.19. The first kappa shape index (κ1) is 15.6. The van der Waals surface area contributed by atoms with Crippen LogP contribution in [0.3, 0.4) is 0 Å². The molecule has 112 valence electrons. The number of hydrogen-bond acceptors (Lipinski definition) is 3. The molecular weight excluding hydrogens is 265 g/mol. The Labute approximate surface area is 125 Å². The fourth-order valence-corrected chi connectivity index (χ4v) is 2.32. The van der Waals surface area contributed by atoms with Crippen LogP contribution in [0.1, 0.15) is 29.9 Å². The summed E-state index contributed by atoms with van der Waals surface area (Å²) in [6.45, 7) is 4.79. The molecule has 1 aromatic carbocycles. The molecule has 2 unspecified atom stereocenters. The Morgan fingerprint density at radius 2 is 1.86 bits per heavy atom. The molecule has 2 rings (SSSR count). The van der Waals surface area contributed by atoms with Crippen molar-refractivity contribution in [2.24, 2.45) is 5.73 Å². The Kier molecular flexibility index (Phi) is 5.04. The number of aryl methyl sites for hydroxylation is 1. The van der Waals surface area contributed by atoms with Gasteiger partial charge >= 0.3 is 0 Å². The minimum Gasteiger partial charge on any atom is -0.323 e. The lowest BCUT2D eigenvalue weighted by molar-refractivity contribution is 0.216. The van der Waals surface area contributed by atoms with Crippen molar-refractivity contribution >= 4 is 0 Å². The van der Waals surface area contributed by atoms with E-state index in [-0.39, 0.29) is 17.9 Å². The number of rotatable bonds is 5. The van der Waals surface area contributed by atoms with Crippen molar-refractivity contribution < 1.29 is 4.39 Å². The zero-order valence-corrected chi connectivity index (χ0v) is 12.8. The number of likely N-dealkylation sites (N-methyl/N-ethyl adjacent to an activating group) is 1. The number of benzene rings is 1. The zero-order valence-electron chi connectivity index (χ0n) is 12.8. The van der Waals surface area contributed by atoms with E-state index in [1.54, 1.807) is 12.1 Å². The second-order valence-corrected chi connectivity index (χ2v) is 5.50. The Morgan fingerprint density at radius 1 is 1.19 bits per heavy atom. The average molecular weight is 287 g/mol. The molecule has 0 bridgehead atoms. The van der Waals surface area contributed by atoms with Crippen LogP contribution >= 0.6 is 0 Å². The number of pyridine rings is 1. The SMILES string of the molecule is Cc1cccc(CN(C)C(C)C(N)c2ccc(F)cc2)n1. The summed E-state index contributed by atoms with van der Waals surface area (Å²) < 4.78 is 13.0. The van der Waals surface area contributed by atoms with E-state index in [9.17, 15) is 4.39 Å². The quantitative estimate of drug-likeness (QED) is 0.919. The normalized spacial score (nSPS) is 14.2. The van der Waals surface area contributed by atoms with Crippen molar-refractivity contribution in [3.05, 3.63) is 65.2 Å². The molecule has 0 fully saturated rings. The van der Waals surface area contributed by atoms with Gasteiger partial charge in [-0.15, -0.1) is 0 Å². The highest BCUT2D eigenvalue weighted by molar-refractivity contribution is 5.21. The van der Waals surface area contributed by atoms with E-state index in [1.807, 2.05) is 32.2 Å². The van der Waals surface area contributed by atoms with Gasteiger partial charge in [0.15, 0.2) is 0 Å². The van der Waals surface area contributed by atoms with Crippen molar-refractivity contribution in [1.29, 1.82) is 0 Å². The minimum absolute atomic E-state index is 0.123. The maximum Gasteiger partial charge on any atom is 0.123 e. The molecule has 1 heterocycles. The molecule has 0 saturated heterocycles. The van der Waals surface area contributed by atoms with Gasteiger partial charge in [0.05, 0.1) is 5.69 Å². The fourth-order valence-electron chi connectivity index (χ4n) is 2.32.